The lowest BCUT2D eigenvalue weighted by Crippen LogP contribution is -2.51. The average Bonchev–Trinajstić information content (AvgIpc) is 2.46. The molecular weight excluding hydrogens is 262 g/mol. The minimum absolute atomic E-state index is 0.00105. The molecule has 0 bridgehead atoms. The Morgan fingerprint density at radius 2 is 1.89 bits per heavy atom. The number of amides is 1. The highest BCUT2D eigenvalue weighted by molar-refractivity contribution is 7.80. The monoisotopic (exact) mass is 279 g/mol. The van der Waals surface area contributed by atoms with Crippen LogP contribution < -0.4 is 10.6 Å². The fraction of sp³-hybridized carbons (Fsp3) is 0.500. The molecule has 0 spiro atoms. The lowest BCUT2D eigenvalue weighted by Gasteiger charge is -2.35. The molecule has 1 saturated heterocycles. The Morgan fingerprint density at radius 3 is 2.42 bits per heavy atom. The normalized spacial score (nSPS) is 17.1. The van der Waals surface area contributed by atoms with E-state index in [9.17, 15) is 4.79 Å². The van der Waals surface area contributed by atoms with Gasteiger partial charge in [-0.3, -0.25) is 4.79 Å². The molecule has 0 aromatic carbocycles. The van der Waals surface area contributed by atoms with Crippen LogP contribution in [-0.2, 0) is 4.79 Å². The van der Waals surface area contributed by atoms with E-state index in [1.165, 1.54) is 0 Å². The zero-order valence-electron chi connectivity index (χ0n) is 10.8. The first-order chi connectivity index (χ1) is 9.09. The third-order valence-electron chi connectivity index (χ3n) is 3.22. The van der Waals surface area contributed by atoms with Gasteiger partial charge < -0.3 is 15.5 Å². The minimum Gasteiger partial charge on any atom is -0.393 e. The second-order valence-electron chi connectivity index (χ2n) is 4.49. The largest absolute Gasteiger partial charge is 0.393 e. The van der Waals surface area contributed by atoms with Crippen molar-refractivity contribution in [2.24, 2.45) is 11.7 Å². The molecule has 6 nitrogen and oxygen atoms in total. The van der Waals surface area contributed by atoms with Crippen molar-refractivity contribution in [3.05, 3.63) is 18.5 Å². The molecule has 1 atom stereocenters. The van der Waals surface area contributed by atoms with Crippen LogP contribution >= 0.6 is 12.2 Å². The highest BCUT2D eigenvalue weighted by atomic mass is 32.1. The maximum atomic E-state index is 12.1. The Hall–Kier alpha value is -1.76. The van der Waals surface area contributed by atoms with Gasteiger partial charge in [0.2, 0.25) is 11.9 Å². The van der Waals surface area contributed by atoms with Crippen LogP contribution in [0.5, 0.6) is 0 Å². The fourth-order valence-corrected chi connectivity index (χ4v) is 2.08. The summed E-state index contributed by atoms with van der Waals surface area (Å²) in [5.74, 6) is 0.313. The van der Waals surface area contributed by atoms with Crippen molar-refractivity contribution in [1.82, 2.24) is 14.9 Å². The van der Waals surface area contributed by atoms with E-state index in [-0.39, 0.29) is 10.9 Å². The van der Waals surface area contributed by atoms with Crippen LogP contribution in [0, 0.1) is 5.92 Å². The summed E-state index contributed by atoms with van der Waals surface area (Å²) in [6, 6.07) is 1.78. The predicted octanol–water partition coefficient (Wildman–Crippen LogP) is 0.0474. The zero-order chi connectivity index (χ0) is 13.8. The quantitative estimate of drug-likeness (QED) is 0.788. The first-order valence-corrected chi connectivity index (χ1v) is 6.60. The van der Waals surface area contributed by atoms with Gasteiger partial charge in [-0.15, -0.1) is 0 Å². The Labute approximate surface area is 117 Å². The molecule has 7 heteroatoms. The summed E-state index contributed by atoms with van der Waals surface area (Å²) in [6.45, 7) is 4.48. The minimum atomic E-state index is -0.394. The van der Waals surface area contributed by atoms with E-state index in [0.717, 1.165) is 13.1 Å². The second-order valence-corrected chi connectivity index (χ2v) is 4.96. The predicted molar refractivity (Wildman–Crippen MR) is 76.8 cm³/mol. The summed E-state index contributed by atoms with van der Waals surface area (Å²) >= 11 is 4.86. The lowest BCUT2D eigenvalue weighted by molar-refractivity contribution is -0.133. The number of nitrogens with two attached hydrogens (primary N) is 1. The van der Waals surface area contributed by atoms with E-state index in [0.29, 0.717) is 19.0 Å². The molecule has 0 aliphatic carbocycles. The van der Waals surface area contributed by atoms with Crippen LogP contribution in [0.25, 0.3) is 0 Å². The Kier molecular flexibility index (Phi) is 4.26. The molecular formula is C12H17N5OS. The van der Waals surface area contributed by atoms with E-state index in [1.807, 2.05) is 0 Å². The summed E-state index contributed by atoms with van der Waals surface area (Å²) in [5, 5.41) is 0. The standard InChI is InChI=1S/C12H17N5OS/c1-9(10(13)19)11(18)16-5-7-17(8-6-16)12-14-3-2-4-15-12/h2-4,9H,5-8H2,1H3,(H2,13,19). The molecule has 1 amide bonds. The number of piperazine rings is 1. The van der Waals surface area contributed by atoms with Gasteiger partial charge in [0.05, 0.1) is 10.9 Å². The molecule has 1 aromatic rings. The summed E-state index contributed by atoms with van der Waals surface area (Å²) in [6.07, 6.45) is 3.43. The first-order valence-electron chi connectivity index (χ1n) is 6.19. The van der Waals surface area contributed by atoms with Crippen molar-refractivity contribution in [1.29, 1.82) is 0 Å². The van der Waals surface area contributed by atoms with Crippen LogP contribution in [-0.4, -0.2) is 51.9 Å². The molecule has 1 aliphatic rings. The molecule has 0 saturated carbocycles. The van der Waals surface area contributed by atoms with Crippen molar-refractivity contribution in [3.8, 4) is 0 Å². The van der Waals surface area contributed by atoms with Crippen molar-refractivity contribution in [2.75, 3.05) is 31.1 Å². The number of anilines is 1. The van der Waals surface area contributed by atoms with E-state index in [2.05, 4.69) is 14.9 Å². The van der Waals surface area contributed by atoms with E-state index in [4.69, 9.17) is 18.0 Å². The Balaban J connectivity index is 1.93. The highest BCUT2D eigenvalue weighted by Crippen LogP contribution is 2.12. The van der Waals surface area contributed by atoms with Gasteiger partial charge >= 0.3 is 0 Å². The molecule has 2 N–H and O–H groups in total. The molecule has 2 rings (SSSR count). The Bertz CT molecular complexity index is 458. The van der Waals surface area contributed by atoms with E-state index < -0.39 is 5.92 Å². The van der Waals surface area contributed by atoms with Gasteiger partial charge in [0, 0.05) is 38.6 Å². The molecule has 0 radical (unpaired) electrons. The number of carbonyl (C=O) groups is 1. The molecule has 102 valence electrons. The summed E-state index contributed by atoms with van der Waals surface area (Å²) in [4.78, 5) is 24.6. The van der Waals surface area contributed by atoms with E-state index >= 15 is 0 Å². The fourth-order valence-electron chi connectivity index (χ4n) is 1.98. The lowest BCUT2D eigenvalue weighted by atomic mass is 10.1. The molecule has 2 heterocycles. The van der Waals surface area contributed by atoms with Crippen LogP contribution in [0.1, 0.15) is 6.92 Å². The molecule has 1 fully saturated rings. The van der Waals surface area contributed by atoms with Gasteiger partial charge in [0.1, 0.15) is 0 Å². The maximum Gasteiger partial charge on any atom is 0.232 e. The summed E-state index contributed by atoms with van der Waals surface area (Å²) in [7, 11) is 0. The van der Waals surface area contributed by atoms with Gasteiger partial charge in [-0.25, -0.2) is 9.97 Å². The third-order valence-corrected chi connectivity index (χ3v) is 3.58. The number of carbonyl (C=O) groups excluding carboxylic acids is 1. The van der Waals surface area contributed by atoms with E-state index in [1.54, 1.807) is 30.3 Å². The second kappa shape index (κ2) is 5.92. The molecule has 19 heavy (non-hydrogen) atoms. The molecule has 1 aliphatic heterocycles. The van der Waals surface area contributed by atoms with Crippen molar-refractivity contribution in [2.45, 2.75) is 6.92 Å². The van der Waals surface area contributed by atoms with Crippen molar-refractivity contribution in [3.63, 3.8) is 0 Å². The first kappa shape index (κ1) is 13.7. The van der Waals surface area contributed by atoms with Crippen LogP contribution in [0.15, 0.2) is 18.5 Å². The molecule has 1 aromatic heterocycles. The summed E-state index contributed by atoms with van der Waals surface area (Å²) < 4.78 is 0. The van der Waals surface area contributed by atoms with Gasteiger partial charge in [-0.1, -0.05) is 12.2 Å². The van der Waals surface area contributed by atoms with Crippen LogP contribution in [0.2, 0.25) is 0 Å². The summed E-state index contributed by atoms with van der Waals surface area (Å²) in [5.41, 5.74) is 5.52. The van der Waals surface area contributed by atoms with Crippen molar-refractivity contribution >= 4 is 29.1 Å². The number of hydrogen-bond donors (Lipinski definition) is 1. The number of hydrogen-bond acceptors (Lipinski definition) is 5. The molecule has 1 unspecified atom stereocenters. The van der Waals surface area contributed by atoms with Crippen molar-refractivity contribution < 1.29 is 4.79 Å². The van der Waals surface area contributed by atoms with Gasteiger partial charge in [0.25, 0.3) is 0 Å². The SMILES string of the molecule is CC(C(=O)N1CCN(c2ncccn2)CC1)C(N)=S. The smallest absolute Gasteiger partial charge is 0.232 e. The number of aromatic nitrogens is 2. The van der Waals surface area contributed by atoms with Crippen LogP contribution in [0.4, 0.5) is 5.95 Å². The highest BCUT2D eigenvalue weighted by Gasteiger charge is 2.26. The van der Waals surface area contributed by atoms with Gasteiger partial charge in [-0.2, -0.15) is 0 Å². The van der Waals surface area contributed by atoms with Gasteiger partial charge in [-0.05, 0) is 13.0 Å². The number of nitrogens with zero attached hydrogens (tertiary/aromatic N) is 4. The Morgan fingerprint density at radius 1 is 1.32 bits per heavy atom. The third kappa shape index (κ3) is 3.17. The zero-order valence-corrected chi connectivity index (χ0v) is 11.6. The topological polar surface area (TPSA) is 75.4 Å². The maximum absolute atomic E-state index is 12.1. The van der Waals surface area contributed by atoms with Crippen LogP contribution in [0.3, 0.4) is 0 Å². The number of rotatable bonds is 3. The average molecular weight is 279 g/mol. The van der Waals surface area contributed by atoms with Gasteiger partial charge in [0.15, 0.2) is 0 Å². The number of thiocarbonyl (C=S) groups is 1.